The summed E-state index contributed by atoms with van der Waals surface area (Å²) >= 11 is 4.91. The molecule has 1 aromatic rings. The molecule has 20 heavy (non-hydrogen) atoms. The molecule has 4 nitrogen and oxygen atoms in total. The molecule has 0 aliphatic carbocycles. The summed E-state index contributed by atoms with van der Waals surface area (Å²) in [6.45, 7) is 1.87. The van der Waals surface area contributed by atoms with Crippen LogP contribution in [0, 0.1) is 0 Å². The normalized spacial score (nSPS) is 13.7. The summed E-state index contributed by atoms with van der Waals surface area (Å²) in [4.78, 5) is 0.233. The lowest BCUT2D eigenvalue weighted by Crippen LogP contribution is -2.38. The molecular formula is C13H20BrNO3S2. The monoisotopic (exact) mass is 381 g/mol. The standard InChI is InChI=1S/C13H20BrNO3S2/c1-4-11(9-19-3)15(2)20(17,18)13-6-5-10(8-16)7-12(13)14/h5-7,11,16H,4,8-9H2,1-3H3. The van der Waals surface area contributed by atoms with E-state index in [0.717, 1.165) is 12.2 Å². The van der Waals surface area contributed by atoms with Gasteiger partial charge in [-0.2, -0.15) is 16.1 Å². The molecule has 0 spiro atoms. The van der Waals surface area contributed by atoms with Crippen molar-refractivity contribution in [1.82, 2.24) is 4.31 Å². The Morgan fingerprint density at radius 2 is 2.10 bits per heavy atom. The fourth-order valence-corrected chi connectivity index (χ4v) is 5.33. The van der Waals surface area contributed by atoms with E-state index in [2.05, 4.69) is 15.9 Å². The summed E-state index contributed by atoms with van der Waals surface area (Å²) in [6.07, 6.45) is 2.73. The van der Waals surface area contributed by atoms with E-state index < -0.39 is 10.0 Å². The lowest BCUT2D eigenvalue weighted by Gasteiger charge is -2.26. The van der Waals surface area contributed by atoms with Gasteiger partial charge in [0.2, 0.25) is 10.0 Å². The first-order valence-corrected chi connectivity index (χ1v) is 9.87. The molecule has 0 saturated carbocycles. The third-order valence-corrected chi connectivity index (χ3v) is 6.79. The number of hydrogen-bond donors (Lipinski definition) is 1. The lowest BCUT2D eigenvalue weighted by atomic mass is 10.2. The Labute approximate surface area is 133 Å². The van der Waals surface area contributed by atoms with Crippen molar-refractivity contribution in [1.29, 1.82) is 0 Å². The van der Waals surface area contributed by atoms with E-state index in [1.54, 1.807) is 30.9 Å². The molecule has 0 fully saturated rings. The van der Waals surface area contributed by atoms with Gasteiger partial charge < -0.3 is 5.11 Å². The number of rotatable bonds is 7. The maximum Gasteiger partial charge on any atom is 0.244 e. The van der Waals surface area contributed by atoms with Gasteiger partial charge in [-0.3, -0.25) is 0 Å². The summed E-state index contributed by atoms with van der Waals surface area (Å²) in [5, 5.41) is 9.08. The molecule has 1 unspecified atom stereocenters. The van der Waals surface area contributed by atoms with Crippen LogP contribution < -0.4 is 0 Å². The highest BCUT2D eigenvalue weighted by molar-refractivity contribution is 9.10. The Morgan fingerprint density at radius 3 is 2.55 bits per heavy atom. The van der Waals surface area contributed by atoms with Gasteiger partial charge in [0.25, 0.3) is 0 Å². The summed E-state index contributed by atoms with van der Waals surface area (Å²) in [5.41, 5.74) is 0.676. The van der Waals surface area contributed by atoms with Crippen LogP contribution in [0.3, 0.4) is 0 Å². The topological polar surface area (TPSA) is 57.6 Å². The molecule has 114 valence electrons. The summed E-state index contributed by atoms with van der Waals surface area (Å²) in [5.74, 6) is 0.762. The van der Waals surface area contributed by atoms with Crippen molar-refractivity contribution in [3.05, 3.63) is 28.2 Å². The van der Waals surface area contributed by atoms with Crippen molar-refractivity contribution in [2.75, 3.05) is 19.1 Å². The Morgan fingerprint density at radius 1 is 1.45 bits per heavy atom. The van der Waals surface area contributed by atoms with Gasteiger partial charge in [0.05, 0.1) is 11.5 Å². The van der Waals surface area contributed by atoms with Crippen molar-refractivity contribution in [3.63, 3.8) is 0 Å². The quantitative estimate of drug-likeness (QED) is 0.788. The Bertz CT molecular complexity index is 549. The summed E-state index contributed by atoms with van der Waals surface area (Å²) in [7, 11) is -1.92. The van der Waals surface area contributed by atoms with Gasteiger partial charge in [-0.25, -0.2) is 8.42 Å². The molecule has 7 heteroatoms. The first kappa shape index (κ1) is 18.0. The second-order valence-electron chi connectivity index (χ2n) is 4.46. The molecule has 0 aromatic heterocycles. The van der Waals surface area contributed by atoms with E-state index >= 15 is 0 Å². The highest BCUT2D eigenvalue weighted by Crippen LogP contribution is 2.27. The molecule has 0 aliphatic heterocycles. The van der Waals surface area contributed by atoms with Crippen molar-refractivity contribution in [2.45, 2.75) is 30.9 Å². The Balaban J connectivity index is 3.15. The van der Waals surface area contributed by atoms with Crippen LogP contribution in [-0.2, 0) is 16.6 Å². The summed E-state index contributed by atoms with van der Waals surface area (Å²) in [6, 6.07) is 4.77. The van der Waals surface area contributed by atoms with Crippen LogP contribution in [0.5, 0.6) is 0 Å². The van der Waals surface area contributed by atoms with Crippen molar-refractivity contribution in [3.8, 4) is 0 Å². The fraction of sp³-hybridized carbons (Fsp3) is 0.538. The zero-order valence-electron chi connectivity index (χ0n) is 11.8. The van der Waals surface area contributed by atoms with E-state index in [4.69, 9.17) is 5.11 Å². The van der Waals surface area contributed by atoms with Crippen LogP contribution in [-0.4, -0.2) is 42.9 Å². The minimum Gasteiger partial charge on any atom is -0.392 e. The third kappa shape index (κ3) is 3.98. The predicted octanol–water partition coefficient (Wildman–Crippen LogP) is 2.70. The van der Waals surface area contributed by atoms with Crippen LogP contribution in [0.25, 0.3) is 0 Å². The van der Waals surface area contributed by atoms with E-state index in [-0.39, 0.29) is 17.5 Å². The number of sulfonamides is 1. The zero-order chi connectivity index (χ0) is 15.3. The van der Waals surface area contributed by atoms with Crippen LogP contribution in [0.4, 0.5) is 0 Å². The van der Waals surface area contributed by atoms with E-state index in [1.807, 2.05) is 13.2 Å². The number of hydrogen-bond acceptors (Lipinski definition) is 4. The van der Waals surface area contributed by atoms with Gasteiger partial charge in [-0.05, 0) is 46.3 Å². The van der Waals surface area contributed by atoms with Crippen molar-refractivity contribution >= 4 is 37.7 Å². The molecular weight excluding hydrogens is 362 g/mol. The minimum atomic E-state index is -3.54. The van der Waals surface area contributed by atoms with Crippen molar-refractivity contribution < 1.29 is 13.5 Å². The Hall–Kier alpha value is -0.0800. The molecule has 1 rings (SSSR count). The first-order chi connectivity index (χ1) is 9.38. The highest BCUT2D eigenvalue weighted by Gasteiger charge is 2.28. The number of benzene rings is 1. The first-order valence-electron chi connectivity index (χ1n) is 6.24. The van der Waals surface area contributed by atoms with E-state index in [9.17, 15) is 8.42 Å². The maximum atomic E-state index is 12.7. The van der Waals surface area contributed by atoms with Gasteiger partial charge >= 0.3 is 0 Å². The molecule has 0 amide bonds. The average Bonchev–Trinajstić information content (AvgIpc) is 2.43. The molecule has 1 aromatic carbocycles. The molecule has 1 N–H and O–H groups in total. The molecule has 0 radical (unpaired) electrons. The van der Waals surface area contributed by atoms with E-state index in [0.29, 0.717) is 10.0 Å². The largest absolute Gasteiger partial charge is 0.392 e. The zero-order valence-corrected chi connectivity index (χ0v) is 15.1. The van der Waals surface area contributed by atoms with Gasteiger partial charge in [-0.1, -0.05) is 13.0 Å². The van der Waals surface area contributed by atoms with Crippen molar-refractivity contribution in [2.24, 2.45) is 0 Å². The smallest absolute Gasteiger partial charge is 0.244 e. The van der Waals surface area contributed by atoms with Gasteiger partial charge in [0, 0.05) is 23.3 Å². The second kappa shape index (κ2) is 7.79. The average molecular weight is 382 g/mol. The van der Waals surface area contributed by atoms with E-state index in [1.165, 1.54) is 10.4 Å². The third-order valence-electron chi connectivity index (χ3n) is 3.18. The fourth-order valence-electron chi connectivity index (χ4n) is 1.88. The molecule has 0 saturated heterocycles. The van der Waals surface area contributed by atoms with Crippen LogP contribution >= 0.6 is 27.7 Å². The number of aliphatic hydroxyl groups excluding tert-OH is 1. The minimum absolute atomic E-state index is 0.0283. The number of halogens is 1. The lowest BCUT2D eigenvalue weighted by molar-refractivity contribution is 0.281. The number of thioether (sulfide) groups is 1. The molecule has 0 bridgehead atoms. The van der Waals surface area contributed by atoms with Crippen LogP contribution in [0.15, 0.2) is 27.6 Å². The van der Waals surface area contributed by atoms with Gasteiger partial charge in [-0.15, -0.1) is 0 Å². The SMILES string of the molecule is CCC(CSC)N(C)S(=O)(=O)c1ccc(CO)cc1Br. The molecule has 1 atom stereocenters. The van der Waals surface area contributed by atoms with Crippen LogP contribution in [0.2, 0.25) is 0 Å². The molecule has 0 heterocycles. The van der Waals surface area contributed by atoms with Crippen LogP contribution in [0.1, 0.15) is 18.9 Å². The van der Waals surface area contributed by atoms with Gasteiger partial charge in [0.15, 0.2) is 0 Å². The molecule has 0 aliphatic rings. The predicted molar refractivity (Wildman–Crippen MR) is 87.5 cm³/mol. The Kier molecular flexibility index (Phi) is 7.00. The summed E-state index contributed by atoms with van der Waals surface area (Å²) < 4.78 is 27.2. The highest BCUT2D eigenvalue weighted by atomic mass is 79.9. The number of aliphatic hydroxyl groups is 1. The van der Waals surface area contributed by atoms with Gasteiger partial charge in [0.1, 0.15) is 0 Å². The maximum absolute atomic E-state index is 12.7. The number of nitrogens with zero attached hydrogens (tertiary/aromatic N) is 1. The second-order valence-corrected chi connectivity index (χ2v) is 8.19.